The van der Waals surface area contributed by atoms with Crippen molar-refractivity contribution >= 4 is 40.0 Å². The van der Waals surface area contributed by atoms with Crippen molar-refractivity contribution in [1.29, 1.82) is 0 Å². The number of carbonyl (C=O) groups is 1. The molecule has 0 radical (unpaired) electrons. The van der Waals surface area contributed by atoms with E-state index in [1.807, 2.05) is 0 Å². The Bertz CT molecular complexity index is 417. The van der Waals surface area contributed by atoms with Gasteiger partial charge in [0.1, 0.15) is 5.82 Å². The van der Waals surface area contributed by atoms with Gasteiger partial charge in [-0.25, -0.2) is 15.1 Å². The predicted octanol–water partition coefficient (Wildman–Crippen LogP) is 1.61. The minimum Gasteiger partial charge on any atom is -0.476 e. The summed E-state index contributed by atoms with van der Waals surface area (Å²) in [5.41, 5.74) is -0.988. The summed E-state index contributed by atoms with van der Waals surface area (Å²) in [5.74, 6) is 1.24. The molecule has 17 heavy (non-hydrogen) atoms. The first-order valence-corrected chi connectivity index (χ1v) is 4.52. The summed E-state index contributed by atoms with van der Waals surface area (Å²) in [7, 11) is 0. The Morgan fingerprint density at radius 3 is 2.29 bits per heavy atom. The second-order valence-electron chi connectivity index (χ2n) is 2.38. The lowest BCUT2D eigenvalue weighted by molar-refractivity contribution is -0.129. The third-order valence-electron chi connectivity index (χ3n) is 1.49. The van der Waals surface area contributed by atoms with Crippen molar-refractivity contribution < 1.29 is 24.7 Å². The molecule has 0 heterocycles. The Morgan fingerprint density at radius 1 is 1.41 bits per heavy atom. The molecule has 0 unspecified atom stereocenters. The first kappa shape index (κ1) is 18.2. The highest BCUT2D eigenvalue weighted by molar-refractivity contribution is 9.10. The van der Waals surface area contributed by atoms with E-state index in [4.69, 9.17) is 15.5 Å². The number of nitrogens with two attached hydrogens (primary N) is 1. The Morgan fingerprint density at radius 2 is 1.94 bits per heavy atom. The lowest BCUT2D eigenvalue weighted by atomic mass is 10.1. The SMILES string of the molecule is Cl.NO.O=C(O)/C(=N\O)c1ccc(Br)cc1F. The Hall–Kier alpha value is -1.22. The molecule has 0 fully saturated rings. The van der Waals surface area contributed by atoms with Gasteiger partial charge in [0.05, 0.1) is 0 Å². The molecule has 0 aliphatic heterocycles. The molecule has 0 aliphatic carbocycles. The van der Waals surface area contributed by atoms with Gasteiger partial charge in [-0.3, -0.25) is 0 Å². The van der Waals surface area contributed by atoms with E-state index in [9.17, 15) is 9.18 Å². The van der Waals surface area contributed by atoms with E-state index in [1.165, 1.54) is 12.1 Å². The summed E-state index contributed by atoms with van der Waals surface area (Å²) in [6.45, 7) is 0. The monoisotopic (exact) mass is 330 g/mol. The zero-order valence-corrected chi connectivity index (χ0v) is 10.6. The van der Waals surface area contributed by atoms with Crippen LogP contribution in [0.25, 0.3) is 0 Å². The smallest absolute Gasteiger partial charge is 0.358 e. The quantitative estimate of drug-likeness (QED) is 0.373. The molecule has 0 bridgehead atoms. The molecule has 1 aromatic carbocycles. The normalized spacial score (nSPS) is 9.76. The zero-order valence-electron chi connectivity index (χ0n) is 8.17. The van der Waals surface area contributed by atoms with Gasteiger partial charge in [-0.1, -0.05) is 21.1 Å². The van der Waals surface area contributed by atoms with E-state index in [0.717, 1.165) is 6.07 Å². The second-order valence-corrected chi connectivity index (χ2v) is 3.29. The van der Waals surface area contributed by atoms with E-state index < -0.39 is 17.5 Å². The van der Waals surface area contributed by atoms with Crippen LogP contribution in [0.1, 0.15) is 5.56 Å². The van der Waals surface area contributed by atoms with Gasteiger partial charge in [0.15, 0.2) is 5.71 Å². The minimum atomic E-state index is -1.49. The van der Waals surface area contributed by atoms with Crippen LogP contribution < -0.4 is 5.90 Å². The van der Waals surface area contributed by atoms with Crippen LogP contribution in [0.5, 0.6) is 0 Å². The summed E-state index contributed by atoms with van der Waals surface area (Å²) in [4.78, 5) is 10.5. The van der Waals surface area contributed by atoms with Gasteiger partial charge in [-0.15, -0.1) is 12.4 Å². The number of oxime groups is 1. The topological polar surface area (TPSA) is 116 Å². The molecule has 0 atom stereocenters. The second kappa shape index (κ2) is 8.88. The van der Waals surface area contributed by atoms with Crippen molar-refractivity contribution in [2.24, 2.45) is 11.1 Å². The maximum atomic E-state index is 13.2. The average Bonchev–Trinajstić information content (AvgIpc) is 2.24. The molecule has 6 nitrogen and oxygen atoms in total. The molecular weight excluding hydrogens is 322 g/mol. The van der Waals surface area contributed by atoms with Gasteiger partial charge in [-0.2, -0.15) is 0 Å². The predicted molar refractivity (Wildman–Crippen MR) is 63.3 cm³/mol. The molecule has 0 aliphatic rings. The Balaban J connectivity index is 0. The van der Waals surface area contributed by atoms with Crippen molar-refractivity contribution in [3.63, 3.8) is 0 Å². The number of carboxylic acid groups (broad SMARTS) is 1. The molecule has 0 spiro atoms. The fourth-order valence-electron chi connectivity index (χ4n) is 0.893. The number of hydrogen-bond acceptors (Lipinski definition) is 5. The van der Waals surface area contributed by atoms with E-state index in [2.05, 4.69) is 27.0 Å². The summed E-state index contributed by atoms with van der Waals surface area (Å²) >= 11 is 3.01. The number of halogens is 3. The summed E-state index contributed by atoms with van der Waals surface area (Å²) in [6.07, 6.45) is 0. The first-order chi connectivity index (χ1) is 7.56. The largest absolute Gasteiger partial charge is 0.476 e. The number of benzene rings is 1. The van der Waals surface area contributed by atoms with Crippen molar-refractivity contribution in [3.05, 3.63) is 34.1 Å². The van der Waals surface area contributed by atoms with Gasteiger partial charge in [-0.05, 0) is 18.2 Å². The molecule has 1 aromatic rings. The van der Waals surface area contributed by atoms with Crippen LogP contribution in [-0.4, -0.2) is 27.2 Å². The van der Waals surface area contributed by atoms with Gasteiger partial charge < -0.3 is 15.5 Å². The molecule has 0 amide bonds. The molecule has 0 saturated heterocycles. The number of rotatable bonds is 2. The maximum absolute atomic E-state index is 13.2. The standard InChI is InChI=1S/C8H5BrFNO3.ClH.H3NO/c9-4-1-2-5(6(10)3-4)7(11-14)8(12)13;;1-2/h1-3,14H,(H,12,13);1H;2H,1H2/b11-7-;;. The molecule has 9 heteroatoms. The summed E-state index contributed by atoms with van der Waals surface area (Å²) < 4.78 is 13.6. The van der Waals surface area contributed by atoms with E-state index in [0.29, 0.717) is 4.47 Å². The molecule has 0 saturated carbocycles. The Labute approximate surface area is 110 Å². The zero-order chi connectivity index (χ0) is 12.7. The van der Waals surface area contributed by atoms with Gasteiger partial charge in [0.25, 0.3) is 0 Å². The van der Waals surface area contributed by atoms with E-state index >= 15 is 0 Å². The van der Waals surface area contributed by atoms with Crippen LogP contribution in [0, 0.1) is 5.82 Å². The van der Waals surface area contributed by atoms with Crippen molar-refractivity contribution in [1.82, 2.24) is 0 Å². The average molecular weight is 332 g/mol. The van der Waals surface area contributed by atoms with Crippen LogP contribution in [0.2, 0.25) is 0 Å². The van der Waals surface area contributed by atoms with Crippen LogP contribution in [-0.2, 0) is 4.79 Å². The highest BCUT2D eigenvalue weighted by Gasteiger charge is 2.17. The van der Waals surface area contributed by atoms with Crippen molar-refractivity contribution in [3.8, 4) is 0 Å². The minimum absolute atomic E-state index is 0. The number of hydrogen-bond donors (Lipinski definition) is 4. The summed E-state index contributed by atoms with van der Waals surface area (Å²) in [5, 5.41) is 25.9. The van der Waals surface area contributed by atoms with Gasteiger partial charge >= 0.3 is 5.97 Å². The lowest BCUT2D eigenvalue weighted by Gasteiger charge is -2.01. The van der Waals surface area contributed by atoms with Gasteiger partial charge in [0, 0.05) is 10.0 Å². The highest BCUT2D eigenvalue weighted by Crippen LogP contribution is 2.16. The van der Waals surface area contributed by atoms with Crippen LogP contribution >= 0.6 is 28.3 Å². The summed E-state index contributed by atoms with van der Waals surface area (Å²) in [6, 6.07) is 3.75. The van der Waals surface area contributed by atoms with Crippen LogP contribution in [0.4, 0.5) is 4.39 Å². The third-order valence-corrected chi connectivity index (χ3v) is 1.98. The van der Waals surface area contributed by atoms with E-state index in [1.54, 1.807) is 0 Å². The molecule has 1 rings (SSSR count). The number of carboxylic acids is 1. The van der Waals surface area contributed by atoms with Crippen LogP contribution in [0.15, 0.2) is 27.8 Å². The van der Waals surface area contributed by atoms with Gasteiger partial charge in [0.2, 0.25) is 0 Å². The number of aliphatic carboxylic acids is 1. The van der Waals surface area contributed by atoms with Crippen molar-refractivity contribution in [2.75, 3.05) is 0 Å². The van der Waals surface area contributed by atoms with Crippen LogP contribution in [0.3, 0.4) is 0 Å². The number of nitrogens with zero attached hydrogens (tertiary/aromatic N) is 1. The first-order valence-electron chi connectivity index (χ1n) is 3.73. The Kier molecular flexibility index (Phi) is 9.48. The maximum Gasteiger partial charge on any atom is 0.358 e. The third kappa shape index (κ3) is 5.09. The highest BCUT2D eigenvalue weighted by atomic mass is 79.9. The molecule has 0 aromatic heterocycles. The molecular formula is C8H9BrClFN2O4. The fourth-order valence-corrected chi connectivity index (χ4v) is 1.23. The van der Waals surface area contributed by atoms with E-state index in [-0.39, 0.29) is 18.0 Å². The van der Waals surface area contributed by atoms with Crippen molar-refractivity contribution in [2.45, 2.75) is 0 Å². The lowest BCUT2D eigenvalue weighted by Crippen LogP contribution is -2.16. The molecule has 5 N–H and O–H groups in total. The molecule has 96 valence electrons. The fraction of sp³-hybridized carbons (Fsp3) is 0.